The van der Waals surface area contributed by atoms with E-state index in [2.05, 4.69) is 69.8 Å². The first-order valence-electron chi connectivity index (χ1n) is 10.6. The van der Waals surface area contributed by atoms with Crippen LogP contribution in [0.5, 0.6) is 0 Å². The summed E-state index contributed by atoms with van der Waals surface area (Å²) in [4.78, 5) is 6.05. The monoisotopic (exact) mass is 375 g/mol. The van der Waals surface area contributed by atoms with Gasteiger partial charge in [0.2, 0.25) is 0 Å². The van der Waals surface area contributed by atoms with Crippen LogP contribution in [-0.4, -0.2) is 43.4 Å². The highest BCUT2D eigenvalue weighted by atomic mass is 16.5. The summed E-state index contributed by atoms with van der Waals surface area (Å²) >= 11 is 0. The van der Waals surface area contributed by atoms with Gasteiger partial charge in [-0.3, -0.25) is 0 Å². The molecule has 2 saturated heterocycles. The second-order valence-electron chi connectivity index (χ2n) is 8.13. The van der Waals surface area contributed by atoms with Gasteiger partial charge >= 0.3 is 0 Å². The maximum Gasteiger partial charge on any atom is 0.0480 e. The molecule has 0 spiro atoms. The van der Waals surface area contributed by atoms with E-state index in [1.165, 1.54) is 40.7 Å². The summed E-state index contributed by atoms with van der Waals surface area (Å²) in [5, 5.41) is 5.13. The van der Waals surface area contributed by atoms with Crippen LogP contribution in [0, 0.1) is 0 Å². The topological polar surface area (TPSA) is 40.3 Å². The predicted molar refractivity (Wildman–Crippen MR) is 116 cm³/mol. The second-order valence-corrected chi connectivity index (χ2v) is 8.13. The minimum absolute atomic E-state index is 0.654. The van der Waals surface area contributed by atoms with E-state index in [1.807, 2.05) is 0 Å². The first-order chi connectivity index (χ1) is 13.8. The van der Waals surface area contributed by atoms with Gasteiger partial charge in [0, 0.05) is 60.7 Å². The van der Waals surface area contributed by atoms with Crippen LogP contribution in [0.25, 0.3) is 22.2 Å². The number of hydrogen-bond acceptors (Lipinski definition) is 3. The lowest BCUT2D eigenvalue weighted by Gasteiger charge is -2.36. The predicted octanol–water partition coefficient (Wildman–Crippen LogP) is 4.57. The number of nitrogens with zero attached hydrogens (tertiary/aromatic N) is 1. The summed E-state index contributed by atoms with van der Waals surface area (Å²) < 4.78 is 5.47. The van der Waals surface area contributed by atoms with Crippen LogP contribution >= 0.6 is 0 Å². The average Bonchev–Trinajstić information content (AvgIpc) is 3.20. The van der Waals surface area contributed by atoms with Crippen molar-refractivity contribution in [3.63, 3.8) is 0 Å². The molecule has 3 aromatic rings. The summed E-state index contributed by atoms with van der Waals surface area (Å²) in [7, 11) is 0. The van der Waals surface area contributed by atoms with Gasteiger partial charge in [-0.05, 0) is 55.5 Å². The Hall–Kier alpha value is -2.30. The zero-order valence-electron chi connectivity index (χ0n) is 16.4. The maximum atomic E-state index is 5.47. The van der Waals surface area contributed by atoms with E-state index in [0.717, 1.165) is 39.1 Å². The standard InChI is InChI=1S/C24H29N3O/c1-2-4-23-19(3-1)17-24(26-23)18-5-7-22(8-6-18)27-13-9-20(10-14-27)25-21-11-15-28-16-12-21/h1-8,17,20-21,25-26H,9-16H2. The smallest absolute Gasteiger partial charge is 0.0480 e. The molecule has 3 heterocycles. The molecule has 0 radical (unpaired) electrons. The quantitative estimate of drug-likeness (QED) is 0.702. The zero-order valence-corrected chi connectivity index (χ0v) is 16.4. The van der Waals surface area contributed by atoms with E-state index in [1.54, 1.807) is 0 Å². The average molecular weight is 376 g/mol. The molecule has 0 amide bonds. The van der Waals surface area contributed by atoms with Crippen molar-refractivity contribution < 1.29 is 4.74 Å². The molecule has 0 saturated carbocycles. The highest BCUT2D eigenvalue weighted by molar-refractivity contribution is 5.85. The van der Waals surface area contributed by atoms with E-state index in [4.69, 9.17) is 4.74 Å². The maximum absolute atomic E-state index is 5.47. The summed E-state index contributed by atoms with van der Waals surface area (Å²) in [6, 6.07) is 21.0. The molecular weight excluding hydrogens is 346 g/mol. The molecule has 0 bridgehead atoms. The Morgan fingerprint density at radius 1 is 0.857 bits per heavy atom. The molecule has 2 aliphatic heterocycles. The van der Waals surface area contributed by atoms with Crippen LogP contribution in [0.3, 0.4) is 0 Å². The fourth-order valence-corrected chi connectivity index (χ4v) is 4.58. The largest absolute Gasteiger partial charge is 0.381 e. The van der Waals surface area contributed by atoms with Crippen molar-refractivity contribution in [3.05, 3.63) is 54.6 Å². The summed E-state index contributed by atoms with van der Waals surface area (Å²) in [5.41, 5.74) is 4.97. The van der Waals surface area contributed by atoms with Gasteiger partial charge in [-0.15, -0.1) is 0 Å². The minimum atomic E-state index is 0.654. The molecule has 1 aromatic heterocycles. The van der Waals surface area contributed by atoms with Crippen LogP contribution in [-0.2, 0) is 4.74 Å². The summed E-state index contributed by atoms with van der Waals surface area (Å²) in [6.07, 6.45) is 4.77. The van der Waals surface area contributed by atoms with E-state index in [9.17, 15) is 0 Å². The Balaban J connectivity index is 1.20. The van der Waals surface area contributed by atoms with Gasteiger partial charge in [0.25, 0.3) is 0 Å². The van der Waals surface area contributed by atoms with Crippen molar-refractivity contribution >= 4 is 16.6 Å². The lowest BCUT2D eigenvalue weighted by Crippen LogP contribution is -2.47. The third-order valence-electron chi connectivity index (χ3n) is 6.26. The first kappa shape index (κ1) is 17.8. The van der Waals surface area contributed by atoms with Crippen LogP contribution in [0.4, 0.5) is 5.69 Å². The number of fused-ring (bicyclic) bond motifs is 1. The van der Waals surface area contributed by atoms with Crippen molar-refractivity contribution in [2.75, 3.05) is 31.2 Å². The SMILES string of the molecule is c1ccc2[nH]c(-c3ccc(N4CCC(NC5CCOCC5)CC4)cc3)cc2c1. The number of H-pyrrole nitrogens is 1. The minimum Gasteiger partial charge on any atom is -0.381 e. The molecule has 4 nitrogen and oxygen atoms in total. The van der Waals surface area contributed by atoms with E-state index < -0.39 is 0 Å². The van der Waals surface area contributed by atoms with Gasteiger partial charge in [-0.2, -0.15) is 0 Å². The highest BCUT2D eigenvalue weighted by Gasteiger charge is 2.23. The first-order valence-corrected chi connectivity index (χ1v) is 10.6. The Morgan fingerprint density at radius 3 is 2.32 bits per heavy atom. The highest BCUT2D eigenvalue weighted by Crippen LogP contribution is 2.27. The van der Waals surface area contributed by atoms with Crippen LogP contribution in [0.15, 0.2) is 54.6 Å². The van der Waals surface area contributed by atoms with Crippen molar-refractivity contribution in [1.82, 2.24) is 10.3 Å². The number of para-hydroxylation sites is 1. The zero-order chi connectivity index (χ0) is 18.8. The fraction of sp³-hybridized carbons (Fsp3) is 0.417. The van der Waals surface area contributed by atoms with E-state index in [0.29, 0.717) is 12.1 Å². The van der Waals surface area contributed by atoms with Crippen LogP contribution in [0.1, 0.15) is 25.7 Å². The Labute approximate surface area is 166 Å². The van der Waals surface area contributed by atoms with Crippen LogP contribution < -0.4 is 10.2 Å². The summed E-state index contributed by atoms with van der Waals surface area (Å²) in [6.45, 7) is 4.09. The third kappa shape index (κ3) is 3.80. The number of benzene rings is 2. The van der Waals surface area contributed by atoms with Crippen molar-refractivity contribution in [1.29, 1.82) is 0 Å². The molecule has 28 heavy (non-hydrogen) atoms. The molecule has 2 aromatic carbocycles. The van der Waals surface area contributed by atoms with Crippen LogP contribution in [0.2, 0.25) is 0 Å². The Morgan fingerprint density at radius 2 is 1.57 bits per heavy atom. The number of aromatic amines is 1. The summed E-state index contributed by atoms with van der Waals surface area (Å²) in [5.74, 6) is 0. The van der Waals surface area contributed by atoms with E-state index >= 15 is 0 Å². The molecule has 0 atom stereocenters. The molecular formula is C24H29N3O. The molecule has 0 aliphatic carbocycles. The molecule has 2 N–H and O–H groups in total. The molecule has 0 unspecified atom stereocenters. The van der Waals surface area contributed by atoms with E-state index in [-0.39, 0.29) is 0 Å². The number of rotatable bonds is 4. The number of hydrogen-bond donors (Lipinski definition) is 2. The lowest BCUT2D eigenvalue weighted by molar-refractivity contribution is 0.0738. The number of piperidine rings is 1. The Kier molecular flexibility index (Phi) is 5.06. The molecule has 146 valence electrons. The van der Waals surface area contributed by atoms with Gasteiger partial charge in [0.15, 0.2) is 0 Å². The van der Waals surface area contributed by atoms with Crippen molar-refractivity contribution in [2.45, 2.75) is 37.8 Å². The molecule has 2 fully saturated rings. The number of aromatic nitrogens is 1. The van der Waals surface area contributed by atoms with Gasteiger partial charge in [0.05, 0.1) is 0 Å². The number of nitrogens with one attached hydrogen (secondary N) is 2. The molecule has 4 heteroatoms. The molecule has 5 rings (SSSR count). The van der Waals surface area contributed by atoms with Gasteiger partial charge < -0.3 is 19.9 Å². The van der Waals surface area contributed by atoms with Gasteiger partial charge in [0.1, 0.15) is 0 Å². The second kappa shape index (κ2) is 7.98. The normalized spacial score (nSPS) is 19.4. The molecule has 2 aliphatic rings. The fourth-order valence-electron chi connectivity index (χ4n) is 4.58. The van der Waals surface area contributed by atoms with Crippen molar-refractivity contribution in [2.24, 2.45) is 0 Å². The number of anilines is 1. The van der Waals surface area contributed by atoms with Gasteiger partial charge in [-0.1, -0.05) is 30.3 Å². The van der Waals surface area contributed by atoms with Crippen molar-refractivity contribution in [3.8, 4) is 11.3 Å². The third-order valence-corrected chi connectivity index (χ3v) is 6.26. The van der Waals surface area contributed by atoms with Gasteiger partial charge in [-0.25, -0.2) is 0 Å². The number of ether oxygens (including phenoxy) is 1. The Bertz CT molecular complexity index is 870. The lowest BCUT2D eigenvalue weighted by atomic mass is 10.0.